The van der Waals surface area contributed by atoms with E-state index in [-0.39, 0.29) is 30.6 Å². The van der Waals surface area contributed by atoms with Crippen molar-refractivity contribution >= 4 is 11.8 Å². The maximum absolute atomic E-state index is 13.8. The molecule has 1 saturated heterocycles. The number of nitrogens with one attached hydrogen (secondary N) is 1. The number of hydrogen-bond donors (Lipinski definition) is 2. The Morgan fingerprint density at radius 1 is 1.25 bits per heavy atom. The Bertz CT molecular complexity index is 1140. The smallest absolute Gasteiger partial charge is 0.277 e. The molecule has 2 amide bonds. The second kappa shape index (κ2) is 8.58. The average molecular weight is 448 g/mol. The number of methoxy groups -OCH3 is 1. The van der Waals surface area contributed by atoms with Gasteiger partial charge in [-0.15, -0.1) is 0 Å². The molecule has 2 N–H and O–H groups in total. The molecule has 1 aromatic carbocycles. The van der Waals surface area contributed by atoms with E-state index in [4.69, 9.17) is 4.74 Å². The van der Waals surface area contributed by atoms with Crippen molar-refractivity contribution in [2.75, 3.05) is 31.9 Å². The molecule has 0 spiro atoms. The van der Waals surface area contributed by atoms with Gasteiger partial charge in [-0.2, -0.15) is 0 Å². The SMILES string of the molecule is COC1CCN2CN(CC1)n1cc(C(=O)NCc3cccc(F)c3F)c(=O)c(O)c1C2=O. The molecule has 0 saturated carbocycles. The number of carbonyl (C=O) groups excluding carboxylic acids is 2. The van der Waals surface area contributed by atoms with Crippen molar-refractivity contribution in [1.29, 1.82) is 0 Å². The predicted octanol–water partition coefficient (Wildman–Crippen LogP) is 0.922. The summed E-state index contributed by atoms with van der Waals surface area (Å²) in [7, 11) is 1.59. The lowest BCUT2D eigenvalue weighted by atomic mass is 10.1. The highest BCUT2D eigenvalue weighted by Crippen LogP contribution is 2.24. The lowest BCUT2D eigenvalue weighted by molar-refractivity contribution is 0.0473. The first kappa shape index (κ1) is 21.8. The van der Waals surface area contributed by atoms with E-state index in [1.165, 1.54) is 27.9 Å². The Balaban J connectivity index is 1.65. The lowest BCUT2D eigenvalue weighted by Gasteiger charge is -2.42. The summed E-state index contributed by atoms with van der Waals surface area (Å²) in [4.78, 5) is 39.7. The summed E-state index contributed by atoms with van der Waals surface area (Å²) in [6.45, 7) is 0.701. The van der Waals surface area contributed by atoms with Gasteiger partial charge in [0.05, 0.1) is 6.10 Å². The van der Waals surface area contributed by atoms with Crippen LogP contribution >= 0.6 is 0 Å². The van der Waals surface area contributed by atoms with Crippen molar-refractivity contribution in [3.63, 3.8) is 0 Å². The molecule has 1 unspecified atom stereocenters. The van der Waals surface area contributed by atoms with E-state index < -0.39 is 40.2 Å². The number of benzene rings is 1. The van der Waals surface area contributed by atoms with Gasteiger partial charge < -0.3 is 20.1 Å². The van der Waals surface area contributed by atoms with Crippen LogP contribution in [0.2, 0.25) is 0 Å². The average Bonchev–Trinajstić information content (AvgIpc) is 2.76. The molecular formula is C21H22F2N4O5. The summed E-state index contributed by atoms with van der Waals surface area (Å²) in [5.74, 6) is -4.41. The van der Waals surface area contributed by atoms with Crippen molar-refractivity contribution in [1.82, 2.24) is 14.9 Å². The summed E-state index contributed by atoms with van der Waals surface area (Å²) in [5.41, 5.74) is -1.75. The van der Waals surface area contributed by atoms with Gasteiger partial charge in [-0.05, 0) is 18.9 Å². The van der Waals surface area contributed by atoms with Gasteiger partial charge in [0.25, 0.3) is 11.8 Å². The third-order valence-corrected chi connectivity index (χ3v) is 5.77. The van der Waals surface area contributed by atoms with E-state index in [1.54, 1.807) is 12.1 Å². The van der Waals surface area contributed by atoms with Crippen LogP contribution in [0.5, 0.6) is 5.75 Å². The highest BCUT2D eigenvalue weighted by Gasteiger charge is 2.35. The summed E-state index contributed by atoms with van der Waals surface area (Å²) in [6.07, 6.45) is 2.39. The van der Waals surface area contributed by atoms with E-state index in [0.717, 1.165) is 6.07 Å². The van der Waals surface area contributed by atoms with Crippen LogP contribution in [0.4, 0.5) is 8.78 Å². The quantitative estimate of drug-likeness (QED) is 0.721. The van der Waals surface area contributed by atoms with Crippen LogP contribution in [0, 0.1) is 11.6 Å². The van der Waals surface area contributed by atoms with Crippen molar-refractivity contribution < 1.29 is 28.2 Å². The van der Waals surface area contributed by atoms with Crippen molar-refractivity contribution in [2.45, 2.75) is 25.5 Å². The van der Waals surface area contributed by atoms with Crippen LogP contribution in [-0.2, 0) is 11.3 Å². The number of amides is 2. The molecule has 1 fully saturated rings. The fraction of sp³-hybridized carbons (Fsp3) is 0.381. The van der Waals surface area contributed by atoms with Gasteiger partial charge in [0.15, 0.2) is 23.1 Å². The molecule has 2 bridgehead atoms. The zero-order chi connectivity index (χ0) is 23.0. The first-order valence-electron chi connectivity index (χ1n) is 10.1. The van der Waals surface area contributed by atoms with Crippen molar-refractivity contribution in [3.05, 3.63) is 63.1 Å². The number of nitrogens with zero attached hydrogens (tertiary/aromatic N) is 3. The number of hydrogen-bond acceptors (Lipinski definition) is 6. The molecule has 9 nitrogen and oxygen atoms in total. The first-order chi connectivity index (χ1) is 15.3. The van der Waals surface area contributed by atoms with Gasteiger partial charge in [0.2, 0.25) is 5.43 Å². The van der Waals surface area contributed by atoms with Crippen LogP contribution < -0.4 is 15.8 Å². The van der Waals surface area contributed by atoms with Gasteiger partial charge in [-0.1, -0.05) is 12.1 Å². The van der Waals surface area contributed by atoms with Crippen molar-refractivity contribution in [3.8, 4) is 5.75 Å². The maximum Gasteiger partial charge on any atom is 0.277 e. The number of rotatable bonds is 4. The third kappa shape index (κ3) is 3.79. The second-order valence-corrected chi connectivity index (χ2v) is 7.68. The van der Waals surface area contributed by atoms with Gasteiger partial charge in [-0.3, -0.25) is 24.1 Å². The Kier molecular flexibility index (Phi) is 5.83. The number of halogens is 2. The minimum absolute atomic E-state index is 0.0634. The molecule has 1 aromatic heterocycles. The molecule has 2 aromatic rings. The molecule has 0 aliphatic carbocycles. The van der Waals surface area contributed by atoms with Gasteiger partial charge in [0.1, 0.15) is 12.2 Å². The highest BCUT2D eigenvalue weighted by molar-refractivity contribution is 5.99. The first-order valence-corrected chi connectivity index (χ1v) is 10.1. The number of pyridine rings is 1. The van der Waals surface area contributed by atoms with Crippen molar-refractivity contribution in [2.24, 2.45) is 0 Å². The van der Waals surface area contributed by atoms with Crippen LogP contribution in [0.25, 0.3) is 0 Å². The largest absolute Gasteiger partial charge is 0.502 e. The fourth-order valence-electron chi connectivity index (χ4n) is 3.93. The van der Waals surface area contributed by atoms with Crippen LogP contribution in [-0.4, -0.2) is 59.5 Å². The molecule has 3 heterocycles. The minimum atomic E-state index is -1.10. The zero-order valence-electron chi connectivity index (χ0n) is 17.3. The number of ether oxygens (including phenoxy) is 1. The second-order valence-electron chi connectivity index (χ2n) is 7.68. The van der Waals surface area contributed by atoms with Gasteiger partial charge in [-0.25, -0.2) is 8.78 Å². The zero-order valence-corrected chi connectivity index (χ0v) is 17.3. The number of fused-ring (bicyclic) bond motifs is 4. The molecular weight excluding hydrogens is 426 g/mol. The van der Waals surface area contributed by atoms with Gasteiger partial charge >= 0.3 is 0 Å². The maximum atomic E-state index is 13.8. The number of aromatic hydroxyl groups is 1. The summed E-state index contributed by atoms with van der Waals surface area (Å²) in [5, 5.41) is 14.6. The van der Waals surface area contributed by atoms with E-state index in [1.807, 2.05) is 0 Å². The minimum Gasteiger partial charge on any atom is -0.502 e. The molecule has 1 atom stereocenters. The molecule has 2 aliphatic rings. The molecule has 2 aliphatic heterocycles. The van der Waals surface area contributed by atoms with Gasteiger partial charge in [0, 0.05) is 38.5 Å². The molecule has 0 radical (unpaired) electrons. The topological polar surface area (TPSA) is 104 Å². The van der Waals surface area contributed by atoms with Crippen LogP contribution in [0.3, 0.4) is 0 Å². The number of aromatic nitrogens is 1. The van der Waals surface area contributed by atoms with E-state index in [2.05, 4.69) is 5.32 Å². The number of carbonyl (C=O) groups is 2. The Morgan fingerprint density at radius 2 is 2.00 bits per heavy atom. The fourth-order valence-corrected chi connectivity index (χ4v) is 3.93. The normalized spacial score (nSPS) is 18.1. The Morgan fingerprint density at radius 3 is 2.75 bits per heavy atom. The van der Waals surface area contributed by atoms with Crippen LogP contribution in [0.15, 0.2) is 29.2 Å². The van der Waals surface area contributed by atoms with Crippen LogP contribution in [0.1, 0.15) is 39.3 Å². The predicted molar refractivity (Wildman–Crippen MR) is 109 cm³/mol. The molecule has 4 rings (SSSR count). The third-order valence-electron chi connectivity index (χ3n) is 5.77. The Hall–Kier alpha value is -3.47. The van der Waals surface area contributed by atoms with E-state index in [0.29, 0.717) is 25.9 Å². The Labute approximate surface area is 181 Å². The van der Waals surface area contributed by atoms with E-state index in [9.17, 15) is 28.3 Å². The highest BCUT2D eigenvalue weighted by atomic mass is 19.2. The summed E-state index contributed by atoms with van der Waals surface area (Å²) in [6, 6.07) is 3.55. The monoisotopic (exact) mass is 448 g/mol. The standard InChI is InChI=1S/C21H22F2N4O5/c1-32-13-5-7-25-11-26(8-6-13)27-10-14(18(28)19(29)17(27)21(25)31)20(30)24-9-12-3-2-4-15(22)16(12)23/h2-4,10,13,29H,5-9,11H2,1H3,(H,24,30). The molecule has 32 heavy (non-hydrogen) atoms. The summed E-state index contributed by atoms with van der Waals surface area (Å²) < 4.78 is 34.0. The van der Waals surface area contributed by atoms with E-state index >= 15 is 0 Å². The lowest BCUT2D eigenvalue weighted by Crippen LogP contribution is -2.56. The summed E-state index contributed by atoms with van der Waals surface area (Å²) >= 11 is 0. The molecule has 11 heteroatoms. The molecule has 170 valence electrons.